The Morgan fingerprint density at radius 2 is 1.76 bits per heavy atom. The number of Topliss-reactive ketones (excluding diaryl/α,β-unsaturated/α-hetero) is 1. The standard InChI is InChI=1S/C18H17N2O/c1-13-7-9-15(10-8-13)18(21)12-20-11-16-5-3-4-6-17(16)14(2)19-20/h3-11H,12H2,1-2H3/q+1. The van der Waals surface area contributed by atoms with Gasteiger partial charge in [-0.1, -0.05) is 52.7 Å². The second kappa shape index (κ2) is 5.44. The maximum Gasteiger partial charge on any atom is 0.236 e. The van der Waals surface area contributed by atoms with E-state index in [0.29, 0.717) is 0 Å². The van der Waals surface area contributed by atoms with Gasteiger partial charge in [-0.05, 0) is 25.0 Å². The van der Waals surface area contributed by atoms with Gasteiger partial charge in [-0.25, -0.2) is 0 Å². The van der Waals surface area contributed by atoms with Crippen molar-refractivity contribution in [2.24, 2.45) is 0 Å². The van der Waals surface area contributed by atoms with Crippen molar-refractivity contribution in [3.05, 3.63) is 71.5 Å². The number of aromatic nitrogens is 2. The third-order valence-corrected chi connectivity index (χ3v) is 3.60. The summed E-state index contributed by atoms with van der Waals surface area (Å²) >= 11 is 0. The number of ketones is 1. The number of fused-ring (bicyclic) bond motifs is 1. The zero-order valence-corrected chi connectivity index (χ0v) is 12.2. The van der Waals surface area contributed by atoms with E-state index >= 15 is 0 Å². The number of benzene rings is 2. The van der Waals surface area contributed by atoms with Crippen molar-refractivity contribution < 1.29 is 9.48 Å². The Bertz CT molecular complexity index is 807. The number of nitrogens with zero attached hydrogens (tertiary/aromatic N) is 2. The van der Waals surface area contributed by atoms with Crippen molar-refractivity contribution in [3.8, 4) is 0 Å². The lowest BCUT2D eigenvalue weighted by atomic mass is 10.1. The van der Waals surface area contributed by atoms with Crippen molar-refractivity contribution >= 4 is 16.6 Å². The average Bonchev–Trinajstić information content (AvgIpc) is 2.48. The predicted molar refractivity (Wildman–Crippen MR) is 82.2 cm³/mol. The van der Waals surface area contributed by atoms with Gasteiger partial charge in [0.1, 0.15) is 5.69 Å². The molecule has 2 aromatic carbocycles. The summed E-state index contributed by atoms with van der Waals surface area (Å²) in [6, 6.07) is 15.7. The van der Waals surface area contributed by atoms with Gasteiger partial charge in [0.2, 0.25) is 18.5 Å². The minimum atomic E-state index is 0.0715. The molecule has 104 valence electrons. The van der Waals surface area contributed by atoms with E-state index < -0.39 is 0 Å². The molecule has 0 aliphatic heterocycles. The van der Waals surface area contributed by atoms with Gasteiger partial charge in [-0.3, -0.25) is 4.79 Å². The maximum absolute atomic E-state index is 12.3. The molecule has 0 aliphatic rings. The Morgan fingerprint density at radius 1 is 1.05 bits per heavy atom. The molecule has 0 amide bonds. The first-order chi connectivity index (χ1) is 10.1. The van der Waals surface area contributed by atoms with Gasteiger partial charge in [-0.2, -0.15) is 0 Å². The molecule has 3 rings (SSSR count). The fourth-order valence-corrected chi connectivity index (χ4v) is 2.43. The second-order valence-electron chi connectivity index (χ2n) is 5.29. The molecule has 0 radical (unpaired) electrons. The van der Waals surface area contributed by atoms with Crippen LogP contribution in [0.5, 0.6) is 0 Å². The number of hydrogen-bond donors (Lipinski definition) is 0. The van der Waals surface area contributed by atoms with E-state index in [1.165, 1.54) is 0 Å². The minimum Gasteiger partial charge on any atom is -0.287 e. The predicted octanol–water partition coefficient (Wildman–Crippen LogP) is 3.02. The minimum absolute atomic E-state index is 0.0715. The molecule has 0 fully saturated rings. The molecule has 3 heteroatoms. The van der Waals surface area contributed by atoms with Crippen LogP contribution in [0.25, 0.3) is 10.8 Å². The van der Waals surface area contributed by atoms with E-state index in [4.69, 9.17) is 0 Å². The van der Waals surface area contributed by atoms with Gasteiger partial charge in [0.25, 0.3) is 0 Å². The lowest BCUT2D eigenvalue weighted by Gasteiger charge is -2.01. The number of carbonyl (C=O) groups excluding carboxylic acids is 1. The molecule has 0 spiro atoms. The number of aryl methyl sites for hydroxylation is 2. The monoisotopic (exact) mass is 277 g/mol. The molecule has 0 aliphatic carbocycles. The Morgan fingerprint density at radius 3 is 2.52 bits per heavy atom. The van der Waals surface area contributed by atoms with Crippen LogP contribution in [0.15, 0.2) is 54.7 Å². The smallest absolute Gasteiger partial charge is 0.236 e. The van der Waals surface area contributed by atoms with Crippen LogP contribution < -0.4 is 4.68 Å². The first kappa shape index (κ1) is 13.4. The van der Waals surface area contributed by atoms with Gasteiger partial charge >= 0.3 is 0 Å². The molecule has 3 nitrogen and oxygen atoms in total. The Kier molecular flexibility index (Phi) is 3.48. The zero-order chi connectivity index (χ0) is 14.8. The Labute approximate surface area is 123 Å². The van der Waals surface area contributed by atoms with Crippen LogP contribution in [-0.4, -0.2) is 10.9 Å². The van der Waals surface area contributed by atoms with Gasteiger partial charge < -0.3 is 0 Å². The lowest BCUT2D eigenvalue weighted by molar-refractivity contribution is -0.740. The molecular formula is C18H17N2O+. The highest BCUT2D eigenvalue weighted by Gasteiger charge is 2.15. The first-order valence-electron chi connectivity index (χ1n) is 6.99. The molecule has 0 saturated heterocycles. The van der Waals surface area contributed by atoms with Crippen LogP contribution in [0, 0.1) is 13.8 Å². The summed E-state index contributed by atoms with van der Waals surface area (Å²) in [6.45, 7) is 4.24. The fraction of sp³-hybridized carbons (Fsp3) is 0.167. The van der Waals surface area contributed by atoms with Crippen molar-refractivity contribution in [2.45, 2.75) is 20.4 Å². The molecule has 3 aromatic rings. The summed E-state index contributed by atoms with van der Waals surface area (Å²) in [6.07, 6.45) is 1.93. The van der Waals surface area contributed by atoms with E-state index in [2.05, 4.69) is 5.10 Å². The van der Waals surface area contributed by atoms with Crippen LogP contribution in [-0.2, 0) is 6.54 Å². The Balaban J connectivity index is 1.91. The van der Waals surface area contributed by atoms with E-state index in [1.54, 1.807) is 4.68 Å². The lowest BCUT2D eigenvalue weighted by Crippen LogP contribution is -2.42. The van der Waals surface area contributed by atoms with Crippen LogP contribution >= 0.6 is 0 Å². The Hall–Kier alpha value is -2.55. The summed E-state index contributed by atoms with van der Waals surface area (Å²) in [5.74, 6) is 0.0715. The number of carbonyl (C=O) groups is 1. The van der Waals surface area contributed by atoms with E-state index in [-0.39, 0.29) is 12.3 Å². The fourth-order valence-electron chi connectivity index (χ4n) is 2.43. The third kappa shape index (κ3) is 2.82. The molecule has 21 heavy (non-hydrogen) atoms. The molecule has 1 aromatic heterocycles. The largest absolute Gasteiger partial charge is 0.287 e. The zero-order valence-electron chi connectivity index (χ0n) is 12.2. The maximum atomic E-state index is 12.3. The highest BCUT2D eigenvalue weighted by atomic mass is 16.1. The summed E-state index contributed by atoms with van der Waals surface area (Å²) < 4.78 is 1.72. The normalized spacial score (nSPS) is 10.8. The second-order valence-corrected chi connectivity index (χ2v) is 5.29. The van der Waals surface area contributed by atoms with E-state index in [0.717, 1.165) is 27.6 Å². The van der Waals surface area contributed by atoms with Gasteiger partial charge in [-0.15, -0.1) is 0 Å². The average molecular weight is 277 g/mol. The van der Waals surface area contributed by atoms with E-state index in [9.17, 15) is 4.79 Å². The third-order valence-electron chi connectivity index (χ3n) is 3.60. The summed E-state index contributed by atoms with van der Waals surface area (Å²) in [5.41, 5.74) is 2.81. The molecule has 1 heterocycles. The van der Waals surface area contributed by atoms with Crippen LogP contribution in [0.4, 0.5) is 0 Å². The highest BCUT2D eigenvalue weighted by molar-refractivity contribution is 5.95. The van der Waals surface area contributed by atoms with Crippen molar-refractivity contribution in [1.29, 1.82) is 0 Å². The molecule has 0 unspecified atom stereocenters. The SMILES string of the molecule is Cc1ccc(C(=O)C[n+]2cc3ccccc3c(C)n2)cc1. The van der Waals surface area contributed by atoms with Crippen LogP contribution in [0.1, 0.15) is 21.6 Å². The summed E-state index contributed by atoms with van der Waals surface area (Å²) in [7, 11) is 0. The van der Waals surface area contributed by atoms with Gasteiger partial charge in [0, 0.05) is 16.3 Å². The summed E-state index contributed by atoms with van der Waals surface area (Å²) in [4.78, 5) is 12.3. The molecular weight excluding hydrogens is 260 g/mol. The van der Waals surface area contributed by atoms with Gasteiger partial charge in [0.05, 0.1) is 0 Å². The molecule has 0 saturated carbocycles. The molecule has 0 atom stereocenters. The topological polar surface area (TPSA) is 33.8 Å². The summed E-state index contributed by atoms with van der Waals surface area (Å²) in [5, 5.41) is 6.70. The first-order valence-corrected chi connectivity index (χ1v) is 6.99. The van der Waals surface area contributed by atoms with Gasteiger partial charge in [0.15, 0.2) is 0 Å². The molecule has 0 bridgehead atoms. The van der Waals surface area contributed by atoms with Crippen LogP contribution in [0.2, 0.25) is 0 Å². The number of rotatable bonds is 3. The van der Waals surface area contributed by atoms with E-state index in [1.807, 2.05) is 68.6 Å². The van der Waals surface area contributed by atoms with Crippen LogP contribution in [0.3, 0.4) is 0 Å². The number of hydrogen-bond acceptors (Lipinski definition) is 2. The quantitative estimate of drug-likeness (QED) is 0.544. The molecule has 0 N–H and O–H groups in total. The van der Waals surface area contributed by atoms with Crippen molar-refractivity contribution in [3.63, 3.8) is 0 Å². The van der Waals surface area contributed by atoms with Crippen molar-refractivity contribution in [1.82, 2.24) is 5.10 Å². The van der Waals surface area contributed by atoms with Crippen molar-refractivity contribution in [2.75, 3.05) is 0 Å². The highest BCUT2D eigenvalue weighted by Crippen LogP contribution is 2.13.